The van der Waals surface area contributed by atoms with Crippen LogP contribution >= 0.6 is 0 Å². The Morgan fingerprint density at radius 1 is 1.29 bits per heavy atom. The standard InChI is InChI=1S/C13H13FN2O/c14-12-4-3-10-11(5-7-15-13(10)16-12)17-8-6-9-1-2-9/h3-5,7,9H,1-2,6,8H2. The summed E-state index contributed by atoms with van der Waals surface area (Å²) in [6, 6.07) is 4.80. The Labute approximate surface area is 98.7 Å². The summed E-state index contributed by atoms with van der Waals surface area (Å²) in [5.74, 6) is 1.07. The average molecular weight is 232 g/mol. The molecule has 1 aliphatic rings. The molecule has 88 valence electrons. The molecule has 0 aliphatic heterocycles. The van der Waals surface area contributed by atoms with Crippen molar-refractivity contribution in [3.05, 3.63) is 30.3 Å². The average Bonchev–Trinajstić information content (AvgIpc) is 3.13. The topological polar surface area (TPSA) is 35.0 Å². The van der Waals surface area contributed by atoms with Crippen LogP contribution in [-0.4, -0.2) is 16.6 Å². The Hall–Kier alpha value is -1.71. The van der Waals surface area contributed by atoms with Crippen molar-refractivity contribution in [1.29, 1.82) is 0 Å². The van der Waals surface area contributed by atoms with Gasteiger partial charge in [-0.3, -0.25) is 0 Å². The van der Waals surface area contributed by atoms with Gasteiger partial charge in [0.05, 0.1) is 12.0 Å². The molecule has 17 heavy (non-hydrogen) atoms. The maximum atomic E-state index is 12.9. The van der Waals surface area contributed by atoms with Gasteiger partial charge in [-0.15, -0.1) is 0 Å². The third kappa shape index (κ3) is 2.35. The van der Waals surface area contributed by atoms with Crippen LogP contribution in [0, 0.1) is 11.9 Å². The molecule has 2 heterocycles. The van der Waals surface area contributed by atoms with Gasteiger partial charge in [-0.05, 0) is 30.5 Å². The van der Waals surface area contributed by atoms with Crippen LogP contribution in [0.3, 0.4) is 0 Å². The predicted molar refractivity (Wildman–Crippen MR) is 62.3 cm³/mol. The zero-order valence-corrected chi connectivity index (χ0v) is 9.40. The van der Waals surface area contributed by atoms with Crippen molar-refractivity contribution >= 4 is 11.0 Å². The van der Waals surface area contributed by atoms with Gasteiger partial charge in [0.1, 0.15) is 5.75 Å². The number of ether oxygens (including phenoxy) is 1. The molecule has 4 heteroatoms. The molecule has 0 aromatic carbocycles. The molecule has 0 atom stereocenters. The van der Waals surface area contributed by atoms with Gasteiger partial charge in [0, 0.05) is 6.20 Å². The normalized spacial score (nSPS) is 15.1. The fraction of sp³-hybridized carbons (Fsp3) is 0.385. The minimum absolute atomic E-state index is 0.397. The maximum absolute atomic E-state index is 12.9. The van der Waals surface area contributed by atoms with Gasteiger partial charge in [-0.1, -0.05) is 12.8 Å². The van der Waals surface area contributed by atoms with Crippen LogP contribution in [0.15, 0.2) is 24.4 Å². The van der Waals surface area contributed by atoms with Crippen molar-refractivity contribution in [2.75, 3.05) is 6.61 Å². The molecule has 0 spiro atoms. The van der Waals surface area contributed by atoms with Crippen LogP contribution in [0.4, 0.5) is 4.39 Å². The van der Waals surface area contributed by atoms with E-state index in [9.17, 15) is 4.39 Å². The fourth-order valence-electron chi connectivity index (χ4n) is 1.85. The van der Waals surface area contributed by atoms with Gasteiger partial charge in [0.2, 0.25) is 5.95 Å². The molecule has 1 aliphatic carbocycles. The van der Waals surface area contributed by atoms with Crippen molar-refractivity contribution in [1.82, 2.24) is 9.97 Å². The smallest absolute Gasteiger partial charge is 0.214 e. The molecule has 0 radical (unpaired) electrons. The molecule has 1 fully saturated rings. The van der Waals surface area contributed by atoms with Crippen molar-refractivity contribution in [3.8, 4) is 5.75 Å². The second-order valence-electron chi connectivity index (χ2n) is 4.39. The highest BCUT2D eigenvalue weighted by atomic mass is 19.1. The number of hydrogen-bond acceptors (Lipinski definition) is 3. The Kier molecular flexibility index (Phi) is 2.63. The highest BCUT2D eigenvalue weighted by Crippen LogP contribution is 2.32. The molecule has 0 amide bonds. The third-order valence-corrected chi connectivity index (χ3v) is 3.01. The van der Waals surface area contributed by atoms with E-state index in [-0.39, 0.29) is 0 Å². The molecule has 0 N–H and O–H groups in total. The minimum Gasteiger partial charge on any atom is -0.493 e. The SMILES string of the molecule is Fc1ccc2c(OCCC3CC3)ccnc2n1. The first kappa shape index (κ1) is 10.4. The zero-order chi connectivity index (χ0) is 11.7. The van der Waals surface area contributed by atoms with E-state index < -0.39 is 5.95 Å². The molecule has 1 saturated carbocycles. The zero-order valence-electron chi connectivity index (χ0n) is 9.40. The fourth-order valence-corrected chi connectivity index (χ4v) is 1.85. The number of pyridine rings is 2. The van der Waals surface area contributed by atoms with E-state index >= 15 is 0 Å². The van der Waals surface area contributed by atoms with E-state index in [0.717, 1.165) is 23.5 Å². The van der Waals surface area contributed by atoms with E-state index in [1.165, 1.54) is 18.9 Å². The molecule has 0 saturated heterocycles. The Bertz CT molecular complexity index is 540. The predicted octanol–water partition coefficient (Wildman–Crippen LogP) is 2.95. The molecule has 2 aromatic heterocycles. The summed E-state index contributed by atoms with van der Waals surface area (Å²) in [5.41, 5.74) is 0.397. The molecule has 0 unspecified atom stereocenters. The number of hydrogen-bond donors (Lipinski definition) is 0. The Morgan fingerprint density at radius 3 is 3.00 bits per heavy atom. The summed E-state index contributed by atoms with van der Waals surface area (Å²) >= 11 is 0. The first-order valence-corrected chi connectivity index (χ1v) is 5.87. The number of fused-ring (bicyclic) bond motifs is 1. The summed E-state index contributed by atoms with van der Waals surface area (Å²) in [5, 5.41) is 0.768. The van der Waals surface area contributed by atoms with Crippen LogP contribution in [0.25, 0.3) is 11.0 Å². The number of nitrogens with zero attached hydrogens (tertiary/aromatic N) is 2. The highest BCUT2D eigenvalue weighted by molar-refractivity contribution is 5.81. The first-order valence-electron chi connectivity index (χ1n) is 5.87. The Balaban J connectivity index is 1.81. The number of aromatic nitrogens is 2. The first-order chi connectivity index (χ1) is 8.33. The lowest BCUT2D eigenvalue weighted by atomic mass is 10.2. The lowest BCUT2D eigenvalue weighted by Crippen LogP contribution is -1.99. The van der Waals surface area contributed by atoms with Crippen LogP contribution in [-0.2, 0) is 0 Å². The summed E-state index contributed by atoms with van der Waals surface area (Å²) in [6.07, 6.45) is 5.35. The minimum atomic E-state index is -0.514. The molecular formula is C13H13FN2O. The third-order valence-electron chi connectivity index (χ3n) is 3.01. The van der Waals surface area contributed by atoms with Crippen LogP contribution in [0.1, 0.15) is 19.3 Å². The summed E-state index contributed by atoms with van der Waals surface area (Å²) in [7, 11) is 0. The van der Waals surface area contributed by atoms with E-state index in [1.54, 1.807) is 18.3 Å². The van der Waals surface area contributed by atoms with E-state index in [0.29, 0.717) is 12.3 Å². The van der Waals surface area contributed by atoms with E-state index in [4.69, 9.17) is 4.74 Å². The van der Waals surface area contributed by atoms with Crippen molar-refractivity contribution in [3.63, 3.8) is 0 Å². The van der Waals surface area contributed by atoms with Gasteiger partial charge >= 0.3 is 0 Å². The monoisotopic (exact) mass is 232 g/mol. The summed E-state index contributed by atoms with van der Waals surface area (Å²) in [4.78, 5) is 7.76. The number of halogens is 1. The molecule has 2 aromatic rings. The van der Waals surface area contributed by atoms with E-state index in [2.05, 4.69) is 9.97 Å². The van der Waals surface area contributed by atoms with E-state index in [1.807, 2.05) is 0 Å². The molecule has 0 bridgehead atoms. The highest BCUT2D eigenvalue weighted by Gasteiger charge is 2.20. The van der Waals surface area contributed by atoms with Crippen LogP contribution in [0.2, 0.25) is 0 Å². The largest absolute Gasteiger partial charge is 0.493 e. The number of rotatable bonds is 4. The molecular weight excluding hydrogens is 219 g/mol. The Morgan fingerprint density at radius 2 is 2.18 bits per heavy atom. The van der Waals surface area contributed by atoms with Gasteiger partial charge in [-0.2, -0.15) is 9.37 Å². The van der Waals surface area contributed by atoms with Gasteiger partial charge in [0.15, 0.2) is 5.65 Å². The van der Waals surface area contributed by atoms with Crippen LogP contribution in [0.5, 0.6) is 5.75 Å². The lowest BCUT2D eigenvalue weighted by molar-refractivity contribution is 0.305. The van der Waals surface area contributed by atoms with Crippen molar-refractivity contribution in [2.24, 2.45) is 5.92 Å². The second-order valence-corrected chi connectivity index (χ2v) is 4.39. The molecule has 3 rings (SSSR count). The maximum Gasteiger partial charge on any atom is 0.214 e. The summed E-state index contributed by atoms with van der Waals surface area (Å²) in [6.45, 7) is 0.709. The second kappa shape index (κ2) is 4.28. The molecule has 3 nitrogen and oxygen atoms in total. The summed E-state index contributed by atoms with van der Waals surface area (Å²) < 4.78 is 18.7. The van der Waals surface area contributed by atoms with Gasteiger partial charge in [0.25, 0.3) is 0 Å². The lowest BCUT2D eigenvalue weighted by Gasteiger charge is -2.07. The quantitative estimate of drug-likeness (QED) is 0.760. The van der Waals surface area contributed by atoms with Crippen LogP contribution < -0.4 is 4.74 Å². The van der Waals surface area contributed by atoms with Crippen molar-refractivity contribution in [2.45, 2.75) is 19.3 Å². The van der Waals surface area contributed by atoms with Gasteiger partial charge in [-0.25, -0.2) is 4.98 Å². The van der Waals surface area contributed by atoms with Crippen molar-refractivity contribution < 1.29 is 9.13 Å². The van der Waals surface area contributed by atoms with Gasteiger partial charge < -0.3 is 4.74 Å².